The van der Waals surface area contributed by atoms with E-state index in [1.807, 2.05) is 12.1 Å². The first kappa shape index (κ1) is 19.1. The number of benzene rings is 2. The second-order valence-electron chi connectivity index (χ2n) is 5.87. The number of nitrogens with one attached hydrogen (secondary N) is 2. The van der Waals surface area contributed by atoms with Gasteiger partial charge in [0, 0.05) is 24.5 Å². The molecule has 0 fully saturated rings. The monoisotopic (exact) mass is 392 g/mol. The molecule has 0 aliphatic carbocycles. The maximum absolute atomic E-state index is 12.5. The largest absolute Gasteiger partial charge is 0.348 e. The molecular weight excluding hydrogens is 376 g/mol. The van der Waals surface area contributed by atoms with Crippen LogP contribution in [0.15, 0.2) is 78.0 Å². The smallest absolute Gasteiger partial charge is 0.261 e. The lowest BCUT2D eigenvalue weighted by molar-refractivity contribution is 0.0951. The van der Waals surface area contributed by atoms with E-state index in [1.54, 1.807) is 36.7 Å². The van der Waals surface area contributed by atoms with Crippen LogP contribution in [0.5, 0.6) is 0 Å². The molecule has 2 N–H and O–H groups in total. The summed E-state index contributed by atoms with van der Waals surface area (Å²) in [4.78, 5) is 16.2. The summed E-state index contributed by atoms with van der Waals surface area (Å²) in [7, 11) is -3.84. The minimum Gasteiger partial charge on any atom is -0.348 e. The topological polar surface area (TPSA) is 112 Å². The molecule has 140 valence electrons. The molecule has 1 aromatic heterocycles. The van der Waals surface area contributed by atoms with Crippen LogP contribution in [0.3, 0.4) is 0 Å². The number of sulfonamides is 1. The number of amides is 1. The second kappa shape index (κ2) is 8.33. The highest BCUT2D eigenvalue weighted by Crippen LogP contribution is 2.17. The Hall–Kier alpha value is -3.70. The van der Waals surface area contributed by atoms with Crippen molar-refractivity contribution in [1.82, 2.24) is 10.3 Å². The highest BCUT2D eigenvalue weighted by Gasteiger charge is 2.15. The van der Waals surface area contributed by atoms with Crippen molar-refractivity contribution in [2.24, 2.45) is 0 Å². The number of pyridine rings is 1. The average Bonchev–Trinajstić information content (AvgIpc) is 2.72. The van der Waals surface area contributed by atoms with Gasteiger partial charge in [0.2, 0.25) is 0 Å². The third-order valence-electron chi connectivity index (χ3n) is 3.85. The Morgan fingerprint density at radius 1 is 1.07 bits per heavy atom. The van der Waals surface area contributed by atoms with Crippen molar-refractivity contribution in [2.75, 3.05) is 4.72 Å². The quantitative estimate of drug-likeness (QED) is 0.670. The summed E-state index contributed by atoms with van der Waals surface area (Å²) in [5.74, 6) is -0.317. The van der Waals surface area contributed by atoms with Gasteiger partial charge >= 0.3 is 0 Å². The third kappa shape index (κ3) is 4.72. The molecule has 7 nitrogen and oxygen atoms in total. The summed E-state index contributed by atoms with van der Waals surface area (Å²) < 4.78 is 27.4. The third-order valence-corrected chi connectivity index (χ3v) is 5.24. The summed E-state index contributed by atoms with van der Waals surface area (Å²) in [6.45, 7) is 0.323. The highest BCUT2D eigenvalue weighted by molar-refractivity contribution is 7.92. The summed E-state index contributed by atoms with van der Waals surface area (Å²) in [6, 6.07) is 17.3. The van der Waals surface area contributed by atoms with Crippen LogP contribution in [0.1, 0.15) is 21.5 Å². The molecule has 3 rings (SSSR count). The lowest BCUT2D eigenvalue weighted by Gasteiger charge is -2.09. The Morgan fingerprint density at radius 3 is 2.54 bits per heavy atom. The normalized spacial score (nSPS) is 10.7. The lowest BCUT2D eigenvalue weighted by Crippen LogP contribution is -2.23. The van der Waals surface area contributed by atoms with Gasteiger partial charge in [-0.05, 0) is 54.1 Å². The van der Waals surface area contributed by atoms with Crippen LogP contribution in [0.4, 0.5) is 5.69 Å². The van der Waals surface area contributed by atoms with E-state index >= 15 is 0 Å². The molecule has 0 saturated carbocycles. The van der Waals surface area contributed by atoms with E-state index in [9.17, 15) is 13.2 Å². The fourth-order valence-electron chi connectivity index (χ4n) is 2.44. The number of carbonyl (C=O) groups excluding carboxylic acids is 1. The van der Waals surface area contributed by atoms with Crippen LogP contribution in [0.2, 0.25) is 0 Å². The predicted octanol–water partition coefficient (Wildman–Crippen LogP) is 2.68. The maximum Gasteiger partial charge on any atom is 0.261 e. The molecule has 2 aromatic carbocycles. The van der Waals surface area contributed by atoms with Crippen LogP contribution >= 0.6 is 0 Å². The zero-order valence-corrected chi connectivity index (χ0v) is 15.5. The highest BCUT2D eigenvalue weighted by atomic mass is 32.2. The Kier molecular flexibility index (Phi) is 5.67. The zero-order valence-electron chi connectivity index (χ0n) is 14.7. The number of nitrogens with zero attached hydrogens (tertiary/aromatic N) is 2. The SMILES string of the molecule is N#Cc1cccc(NS(=O)(=O)c2ccc(C(=O)NCc3cccnc3)cc2)c1. The van der Waals surface area contributed by atoms with E-state index in [0.29, 0.717) is 17.7 Å². The number of hydrogen-bond donors (Lipinski definition) is 2. The fraction of sp³-hybridized carbons (Fsp3) is 0.0500. The van der Waals surface area contributed by atoms with Gasteiger partial charge < -0.3 is 5.32 Å². The summed E-state index contributed by atoms with van der Waals surface area (Å²) in [5, 5.41) is 11.7. The first-order valence-electron chi connectivity index (χ1n) is 8.28. The van der Waals surface area contributed by atoms with Crippen LogP contribution in [0, 0.1) is 11.3 Å². The van der Waals surface area contributed by atoms with E-state index in [4.69, 9.17) is 5.26 Å². The first-order valence-corrected chi connectivity index (χ1v) is 9.76. The Balaban J connectivity index is 1.68. The van der Waals surface area contributed by atoms with Crippen molar-refractivity contribution >= 4 is 21.6 Å². The summed E-state index contributed by atoms with van der Waals surface area (Å²) >= 11 is 0. The van der Waals surface area contributed by atoms with Crippen LogP contribution in [-0.2, 0) is 16.6 Å². The van der Waals surface area contributed by atoms with Crippen molar-refractivity contribution in [3.05, 3.63) is 89.7 Å². The molecule has 0 spiro atoms. The lowest BCUT2D eigenvalue weighted by atomic mass is 10.2. The predicted molar refractivity (Wildman–Crippen MR) is 104 cm³/mol. The Labute approximate surface area is 162 Å². The van der Waals surface area contributed by atoms with Gasteiger partial charge in [0.05, 0.1) is 22.2 Å². The molecule has 8 heteroatoms. The van der Waals surface area contributed by atoms with Crippen molar-refractivity contribution in [3.8, 4) is 6.07 Å². The standard InChI is InChI=1S/C20H16N4O3S/c21-12-15-3-1-5-18(11-15)24-28(26,27)19-8-6-17(7-9-19)20(25)23-14-16-4-2-10-22-13-16/h1-11,13,24H,14H2,(H,23,25). The number of nitriles is 1. The summed E-state index contributed by atoms with van der Waals surface area (Å²) in [6.07, 6.45) is 3.30. The number of rotatable bonds is 6. The Bertz CT molecular complexity index is 1120. The van der Waals surface area contributed by atoms with Crippen molar-refractivity contribution < 1.29 is 13.2 Å². The van der Waals surface area contributed by atoms with Gasteiger partial charge in [-0.1, -0.05) is 12.1 Å². The Morgan fingerprint density at radius 2 is 1.86 bits per heavy atom. The molecule has 0 bridgehead atoms. The van der Waals surface area contributed by atoms with Gasteiger partial charge in [-0.15, -0.1) is 0 Å². The molecule has 0 atom stereocenters. The van der Waals surface area contributed by atoms with Gasteiger partial charge in [-0.2, -0.15) is 5.26 Å². The number of aromatic nitrogens is 1. The van der Waals surface area contributed by atoms with Gasteiger partial charge in [0.15, 0.2) is 0 Å². The van der Waals surface area contributed by atoms with Crippen LogP contribution in [0.25, 0.3) is 0 Å². The van der Waals surface area contributed by atoms with Gasteiger partial charge in [0.25, 0.3) is 15.9 Å². The van der Waals surface area contributed by atoms with Crippen LogP contribution < -0.4 is 10.0 Å². The number of anilines is 1. The van der Waals surface area contributed by atoms with E-state index in [0.717, 1.165) is 5.56 Å². The van der Waals surface area contributed by atoms with Gasteiger partial charge in [-0.25, -0.2) is 8.42 Å². The van der Waals surface area contributed by atoms with Gasteiger partial charge in [0.1, 0.15) is 0 Å². The molecule has 0 unspecified atom stereocenters. The second-order valence-corrected chi connectivity index (χ2v) is 7.55. The summed E-state index contributed by atoms with van der Waals surface area (Å²) in [5.41, 5.74) is 1.84. The molecule has 0 aliphatic rings. The van der Waals surface area contributed by atoms with Crippen molar-refractivity contribution in [3.63, 3.8) is 0 Å². The van der Waals surface area contributed by atoms with Crippen molar-refractivity contribution in [1.29, 1.82) is 5.26 Å². The van der Waals surface area contributed by atoms with Gasteiger partial charge in [-0.3, -0.25) is 14.5 Å². The first-order chi connectivity index (χ1) is 13.5. The van der Waals surface area contributed by atoms with E-state index in [1.165, 1.54) is 30.3 Å². The molecule has 1 amide bonds. The van der Waals surface area contributed by atoms with Crippen molar-refractivity contribution in [2.45, 2.75) is 11.4 Å². The molecule has 3 aromatic rings. The fourth-order valence-corrected chi connectivity index (χ4v) is 3.49. The minimum absolute atomic E-state index is 0.0127. The van der Waals surface area contributed by atoms with E-state index < -0.39 is 10.0 Å². The molecular formula is C20H16N4O3S. The molecule has 28 heavy (non-hydrogen) atoms. The zero-order chi connectivity index (χ0) is 20.0. The molecule has 0 radical (unpaired) electrons. The van der Waals surface area contributed by atoms with Crippen LogP contribution in [-0.4, -0.2) is 19.3 Å². The molecule has 0 aliphatic heterocycles. The number of carbonyl (C=O) groups is 1. The minimum atomic E-state index is -3.84. The average molecular weight is 392 g/mol. The molecule has 1 heterocycles. The number of hydrogen-bond acceptors (Lipinski definition) is 5. The maximum atomic E-state index is 12.5. The van der Waals surface area contributed by atoms with E-state index in [2.05, 4.69) is 15.0 Å². The molecule has 0 saturated heterocycles. The van der Waals surface area contributed by atoms with E-state index in [-0.39, 0.29) is 16.5 Å².